The Hall–Kier alpha value is -2.79. The summed E-state index contributed by atoms with van der Waals surface area (Å²) >= 11 is 3.44. The van der Waals surface area contributed by atoms with Crippen molar-refractivity contribution in [1.29, 1.82) is 5.26 Å². The Morgan fingerprint density at radius 3 is 2.54 bits per heavy atom. The van der Waals surface area contributed by atoms with Crippen LogP contribution in [0.4, 0.5) is 14.5 Å². The minimum atomic E-state index is -0.860. The van der Waals surface area contributed by atoms with Crippen LogP contribution < -0.4 is 4.74 Å². The van der Waals surface area contributed by atoms with Gasteiger partial charge in [0.15, 0.2) is 11.6 Å². The molecule has 0 spiro atoms. The second kappa shape index (κ2) is 11.8. The van der Waals surface area contributed by atoms with Crippen LogP contribution in [0, 0.1) is 35.3 Å². The number of hydrogen-bond donors (Lipinski definition) is 0. The van der Waals surface area contributed by atoms with E-state index in [1.165, 1.54) is 12.8 Å². The first kappa shape index (κ1) is 26.8. The van der Waals surface area contributed by atoms with Crippen molar-refractivity contribution in [3.63, 3.8) is 0 Å². The average Bonchev–Trinajstić information content (AvgIpc) is 3.25. The summed E-state index contributed by atoms with van der Waals surface area (Å²) in [5.41, 5.74) is 1.09. The van der Waals surface area contributed by atoms with Crippen LogP contribution in [0.5, 0.6) is 11.5 Å². The quantitative estimate of drug-likeness (QED) is 0.173. The van der Waals surface area contributed by atoms with Crippen molar-refractivity contribution in [3.8, 4) is 17.6 Å². The van der Waals surface area contributed by atoms with Crippen molar-refractivity contribution in [2.75, 3.05) is 0 Å². The lowest BCUT2D eigenvalue weighted by atomic mass is 9.77. The molecule has 0 bridgehead atoms. The molecule has 1 aliphatic rings. The third-order valence-corrected chi connectivity index (χ3v) is 7.80. The van der Waals surface area contributed by atoms with Crippen molar-refractivity contribution < 1.29 is 18.3 Å². The Balaban J connectivity index is 1.80. The number of carbonyl (C=O) groups excluding carboxylic acids is 1. The molecule has 2 aromatic carbocycles. The van der Waals surface area contributed by atoms with E-state index >= 15 is 0 Å². The number of benzene rings is 2. The standard InChI is InChI=1S/C27H30BrF2N3O2/c1-4-11-27(12-5-2)13-10-19(14-27)33(17-34)16-32-23-8-9-24(25(28)18(23)3)35-26-20(15-31)21(29)6-7-22(26)30/h6-9,16-17,19H,4-5,10-14H2,1-3H3. The highest BCUT2D eigenvalue weighted by Gasteiger charge is 2.39. The van der Waals surface area contributed by atoms with Crippen LogP contribution in [0.3, 0.4) is 0 Å². The molecule has 1 atom stereocenters. The molecule has 0 saturated heterocycles. The van der Waals surface area contributed by atoms with Gasteiger partial charge >= 0.3 is 0 Å². The molecule has 1 aliphatic carbocycles. The van der Waals surface area contributed by atoms with Gasteiger partial charge in [-0.2, -0.15) is 5.26 Å². The third-order valence-electron chi connectivity index (χ3n) is 6.82. The molecule has 0 aliphatic heterocycles. The highest BCUT2D eigenvalue weighted by atomic mass is 79.9. The number of carbonyl (C=O) groups is 1. The van der Waals surface area contributed by atoms with E-state index in [1.54, 1.807) is 36.4 Å². The zero-order valence-corrected chi connectivity index (χ0v) is 21.9. The Kier molecular flexibility index (Phi) is 9.01. The van der Waals surface area contributed by atoms with Gasteiger partial charge in [-0.15, -0.1) is 0 Å². The molecule has 1 fully saturated rings. The molecule has 3 rings (SSSR count). The van der Waals surface area contributed by atoms with Crippen LogP contribution in [0.15, 0.2) is 33.7 Å². The van der Waals surface area contributed by atoms with Crippen LogP contribution in [0.1, 0.15) is 69.9 Å². The molecule has 2 aromatic rings. The lowest BCUT2D eigenvalue weighted by molar-refractivity contribution is -0.116. The van der Waals surface area contributed by atoms with Gasteiger partial charge in [-0.25, -0.2) is 13.8 Å². The summed E-state index contributed by atoms with van der Waals surface area (Å²) in [4.78, 5) is 18.1. The highest BCUT2D eigenvalue weighted by Crippen LogP contribution is 2.47. The van der Waals surface area contributed by atoms with Crippen molar-refractivity contribution in [2.45, 2.75) is 71.8 Å². The highest BCUT2D eigenvalue weighted by molar-refractivity contribution is 9.10. The number of hydrogen-bond acceptors (Lipinski definition) is 4. The van der Waals surface area contributed by atoms with Crippen LogP contribution in [0.2, 0.25) is 0 Å². The second-order valence-electron chi connectivity index (χ2n) is 9.16. The van der Waals surface area contributed by atoms with Crippen molar-refractivity contribution in [1.82, 2.24) is 4.90 Å². The minimum Gasteiger partial charge on any atom is -0.452 e. The summed E-state index contributed by atoms with van der Waals surface area (Å²) in [5, 5.41) is 9.20. The maximum absolute atomic E-state index is 14.2. The van der Waals surface area contributed by atoms with Gasteiger partial charge in [0, 0.05) is 6.04 Å². The Labute approximate surface area is 213 Å². The maximum Gasteiger partial charge on any atom is 0.215 e. The lowest BCUT2D eigenvalue weighted by Gasteiger charge is -2.30. The van der Waals surface area contributed by atoms with Crippen LogP contribution >= 0.6 is 15.9 Å². The molecule has 35 heavy (non-hydrogen) atoms. The van der Waals surface area contributed by atoms with Gasteiger partial charge in [0.1, 0.15) is 23.2 Å². The van der Waals surface area contributed by atoms with Gasteiger partial charge in [-0.3, -0.25) is 4.79 Å². The van der Waals surface area contributed by atoms with Crippen LogP contribution in [0.25, 0.3) is 0 Å². The molecule has 1 saturated carbocycles. The van der Waals surface area contributed by atoms with Crippen molar-refractivity contribution in [2.24, 2.45) is 10.4 Å². The van der Waals surface area contributed by atoms with E-state index in [1.807, 2.05) is 0 Å². The summed E-state index contributed by atoms with van der Waals surface area (Å²) in [7, 11) is 0. The van der Waals surface area contributed by atoms with Gasteiger partial charge < -0.3 is 9.64 Å². The molecule has 186 valence electrons. The van der Waals surface area contributed by atoms with E-state index in [2.05, 4.69) is 34.8 Å². The topological polar surface area (TPSA) is 65.7 Å². The Morgan fingerprint density at radius 1 is 1.23 bits per heavy atom. The van der Waals surface area contributed by atoms with E-state index in [4.69, 9.17) is 4.74 Å². The molecule has 0 heterocycles. The molecule has 0 aromatic heterocycles. The fraction of sp³-hybridized carbons (Fsp3) is 0.444. The third kappa shape index (κ3) is 5.90. The molecule has 5 nitrogen and oxygen atoms in total. The molecular formula is C27H30BrF2N3O2. The predicted molar refractivity (Wildman–Crippen MR) is 136 cm³/mol. The van der Waals surface area contributed by atoms with Crippen molar-refractivity contribution in [3.05, 3.63) is 51.5 Å². The predicted octanol–water partition coefficient (Wildman–Crippen LogP) is 7.96. The number of halogens is 3. The molecule has 8 heteroatoms. The van der Waals surface area contributed by atoms with Crippen molar-refractivity contribution >= 4 is 34.4 Å². The van der Waals surface area contributed by atoms with E-state index in [-0.39, 0.29) is 11.8 Å². The molecular weight excluding hydrogens is 516 g/mol. The van der Waals surface area contributed by atoms with Gasteiger partial charge in [0.25, 0.3) is 0 Å². The van der Waals surface area contributed by atoms with Gasteiger partial charge in [-0.05, 0) is 90.2 Å². The zero-order valence-electron chi connectivity index (χ0n) is 20.3. The first-order valence-electron chi connectivity index (χ1n) is 11.9. The summed E-state index contributed by atoms with van der Waals surface area (Å²) in [6.45, 7) is 6.22. The van der Waals surface area contributed by atoms with Crippen LogP contribution in [-0.2, 0) is 4.79 Å². The van der Waals surface area contributed by atoms with Gasteiger partial charge in [0.2, 0.25) is 6.41 Å². The summed E-state index contributed by atoms with van der Waals surface area (Å²) in [6.07, 6.45) is 10.1. The summed E-state index contributed by atoms with van der Waals surface area (Å²) in [6, 6.07) is 6.80. The van der Waals surface area contributed by atoms with Gasteiger partial charge in [-0.1, -0.05) is 26.7 Å². The number of nitrogens with zero attached hydrogens (tertiary/aromatic N) is 3. The fourth-order valence-corrected chi connectivity index (χ4v) is 5.54. The minimum absolute atomic E-state index is 0.126. The lowest BCUT2D eigenvalue weighted by Crippen LogP contribution is -2.32. The summed E-state index contributed by atoms with van der Waals surface area (Å²) < 4.78 is 34.2. The van der Waals surface area contributed by atoms with E-state index in [0.717, 1.165) is 50.6 Å². The fourth-order valence-electron chi connectivity index (χ4n) is 5.12. The van der Waals surface area contributed by atoms with E-state index < -0.39 is 22.9 Å². The first-order valence-corrected chi connectivity index (χ1v) is 12.7. The van der Waals surface area contributed by atoms with E-state index in [0.29, 0.717) is 21.1 Å². The molecule has 1 amide bonds. The number of aliphatic imine (C=N–C) groups is 1. The normalized spacial score (nSPS) is 16.9. The van der Waals surface area contributed by atoms with Crippen LogP contribution in [-0.4, -0.2) is 23.7 Å². The average molecular weight is 546 g/mol. The Morgan fingerprint density at radius 2 is 1.91 bits per heavy atom. The molecule has 0 N–H and O–H groups in total. The number of ether oxygens (including phenoxy) is 1. The number of rotatable bonds is 10. The van der Waals surface area contributed by atoms with Gasteiger partial charge in [0.05, 0.1) is 16.5 Å². The monoisotopic (exact) mass is 545 g/mol. The second-order valence-corrected chi connectivity index (χ2v) is 9.96. The summed E-state index contributed by atoms with van der Waals surface area (Å²) in [5.74, 6) is -1.95. The molecule has 1 unspecified atom stereocenters. The smallest absolute Gasteiger partial charge is 0.215 e. The Bertz CT molecular complexity index is 1140. The maximum atomic E-state index is 14.2. The number of amides is 1. The number of nitriles is 1. The van der Waals surface area contributed by atoms with E-state index in [9.17, 15) is 18.8 Å². The zero-order chi connectivity index (χ0) is 25.6. The SMILES string of the molecule is CCCC1(CCC)CCC(N(C=O)C=Nc2ccc(Oc3c(F)ccc(F)c3C#N)c(Br)c2C)C1. The first-order chi connectivity index (χ1) is 16.8. The molecule has 0 radical (unpaired) electrons. The largest absolute Gasteiger partial charge is 0.452 e.